The van der Waals surface area contributed by atoms with Crippen LogP contribution in [0.4, 0.5) is 0 Å². The van der Waals surface area contributed by atoms with Crippen molar-refractivity contribution in [3.8, 4) is 0 Å². The first-order valence-corrected chi connectivity index (χ1v) is 14.5. The fourth-order valence-corrected chi connectivity index (χ4v) is 4.60. The van der Waals surface area contributed by atoms with Gasteiger partial charge in [0.2, 0.25) is 17.7 Å². The number of hydrogen-bond acceptors (Lipinski definition) is 7. The van der Waals surface area contributed by atoms with Gasteiger partial charge < -0.3 is 36.9 Å². The third-order valence-corrected chi connectivity index (χ3v) is 7.40. The number of nitrogens with one attached hydrogen (secondary N) is 4. The van der Waals surface area contributed by atoms with Crippen LogP contribution in [0, 0.1) is 5.92 Å². The Morgan fingerprint density at radius 2 is 1.65 bits per heavy atom. The standard InChI is InChI=1S/C27H39N5O7S/c1-4-15(2)23(32-24(35)18(28)9-10-22(33)34)26(37)31-21(25(36)30-20(27(38)39)11-12-40-3)13-16-14-29-19-8-6-5-7-17(16)19/h5-8,14-15,18,20-21,23,29H,4,9-13,28H2,1-3H3,(H,30,36)(H,31,37)(H,32,35)(H,33,34)(H,38,39). The lowest BCUT2D eigenvalue weighted by Gasteiger charge is -2.28. The highest BCUT2D eigenvalue weighted by Crippen LogP contribution is 2.20. The Hall–Kier alpha value is -3.58. The van der Waals surface area contributed by atoms with Crippen LogP contribution in [0.1, 0.15) is 45.1 Å². The highest BCUT2D eigenvalue weighted by molar-refractivity contribution is 7.98. The molecular formula is C27H39N5O7S. The lowest BCUT2D eigenvalue weighted by atomic mass is 9.96. The number of rotatable bonds is 17. The van der Waals surface area contributed by atoms with Gasteiger partial charge in [-0.1, -0.05) is 38.5 Å². The van der Waals surface area contributed by atoms with Crippen molar-refractivity contribution in [2.75, 3.05) is 12.0 Å². The summed E-state index contributed by atoms with van der Waals surface area (Å²) in [6.45, 7) is 3.59. The monoisotopic (exact) mass is 577 g/mol. The number of benzene rings is 1. The van der Waals surface area contributed by atoms with E-state index in [1.165, 1.54) is 11.8 Å². The van der Waals surface area contributed by atoms with Gasteiger partial charge in [-0.05, 0) is 42.4 Å². The van der Waals surface area contributed by atoms with Gasteiger partial charge in [-0.3, -0.25) is 19.2 Å². The Morgan fingerprint density at radius 1 is 0.975 bits per heavy atom. The van der Waals surface area contributed by atoms with Crippen molar-refractivity contribution in [3.05, 3.63) is 36.0 Å². The van der Waals surface area contributed by atoms with Crippen LogP contribution < -0.4 is 21.7 Å². The van der Waals surface area contributed by atoms with E-state index in [1.54, 1.807) is 13.1 Å². The maximum atomic E-state index is 13.5. The summed E-state index contributed by atoms with van der Waals surface area (Å²) < 4.78 is 0. The number of carbonyl (C=O) groups is 5. The van der Waals surface area contributed by atoms with Crippen LogP contribution in [0.2, 0.25) is 0 Å². The van der Waals surface area contributed by atoms with Crippen LogP contribution in [0.25, 0.3) is 10.9 Å². The molecule has 1 aromatic heterocycles. The summed E-state index contributed by atoms with van der Waals surface area (Å²) in [5.41, 5.74) is 7.42. The van der Waals surface area contributed by atoms with Gasteiger partial charge in [0.25, 0.3) is 0 Å². The minimum absolute atomic E-state index is 0.0652. The second-order valence-electron chi connectivity index (χ2n) is 9.72. The van der Waals surface area contributed by atoms with Gasteiger partial charge in [-0.15, -0.1) is 0 Å². The van der Waals surface area contributed by atoms with E-state index in [-0.39, 0.29) is 31.6 Å². The molecule has 0 aliphatic rings. The first-order valence-electron chi connectivity index (χ1n) is 13.1. The van der Waals surface area contributed by atoms with E-state index in [0.29, 0.717) is 12.2 Å². The van der Waals surface area contributed by atoms with Crippen LogP contribution in [-0.4, -0.2) is 81.0 Å². The molecule has 13 heteroatoms. The zero-order valence-corrected chi connectivity index (χ0v) is 23.8. The number of hydrogen-bond donors (Lipinski definition) is 7. The van der Waals surface area contributed by atoms with E-state index in [9.17, 15) is 29.1 Å². The van der Waals surface area contributed by atoms with Crippen LogP contribution >= 0.6 is 11.8 Å². The predicted molar refractivity (Wildman–Crippen MR) is 153 cm³/mol. The molecule has 5 unspecified atom stereocenters. The molecule has 12 nitrogen and oxygen atoms in total. The van der Waals surface area contributed by atoms with Crippen molar-refractivity contribution in [1.29, 1.82) is 0 Å². The van der Waals surface area contributed by atoms with Crippen molar-refractivity contribution in [3.63, 3.8) is 0 Å². The number of H-pyrrole nitrogens is 1. The van der Waals surface area contributed by atoms with Gasteiger partial charge in [-0.2, -0.15) is 11.8 Å². The van der Waals surface area contributed by atoms with Crippen LogP contribution in [0.5, 0.6) is 0 Å². The number of carboxylic acid groups (broad SMARTS) is 2. The molecule has 0 aliphatic heterocycles. The molecule has 0 saturated heterocycles. The Morgan fingerprint density at radius 3 is 2.27 bits per heavy atom. The maximum Gasteiger partial charge on any atom is 0.326 e. The average molecular weight is 578 g/mol. The van der Waals surface area contributed by atoms with Crippen molar-refractivity contribution in [2.45, 2.75) is 70.1 Å². The van der Waals surface area contributed by atoms with E-state index in [2.05, 4.69) is 20.9 Å². The van der Waals surface area contributed by atoms with E-state index in [0.717, 1.165) is 16.5 Å². The number of carboxylic acids is 2. The second-order valence-corrected chi connectivity index (χ2v) is 10.7. The molecule has 1 heterocycles. The van der Waals surface area contributed by atoms with Crippen molar-refractivity contribution in [1.82, 2.24) is 20.9 Å². The van der Waals surface area contributed by atoms with Gasteiger partial charge in [0.15, 0.2) is 0 Å². The minimum atomic E-state index is -1.18. The fourth-order valence-electron chi connectivity index (χ4n) is 4.13. The van der Waals surface area contributed by atoms with Gasteiger partial charge in [0.1, 0.15) is 18.1 Å². The number of thioether (sulfide) groups is 1. The highest BCUT2D eigenvalue weighted by Gasteiger charge is 2.33. The number of aliphatic carboxylic acids is 2. The Bertz CT molecular complexity index is 1190. The normalized spacial score (nSPS) is 14.9. The van der Waals surface area contributed by atoms with E-state index < -0.39 is 53.8 Å². The first-order chi connectivity index (χ1) is 19.0. The van der Waals surface area contributed by atoms with Crippen LogP contribution in [-0.2, 0) is 30.4 Å². The number of para-hydroxylation sites is 1. The molecule has 0 saturated carbocycles. The zero-order valence-electron chi connectivity index (χ0n) is 22.9. The third kappa shape index (κ3) is 9.56. The summed E-state index contributed by atoms with van der Waals surface area (Å²) >= 11 is 1.45. The summed E-state index contributed by atoms with van der Waals surface area (Å²) in [7, 11) is 0. The number of aromatic nitrogens is 1. The van der Waals surface area contributed by atoms with Crippen LogP contribution in [0.15, 0.2) is 30.5 Å². The molecule has 8 N–H and O–H groups in total. The molecule has 0 radical (unpaired) electrons. The second kappa shape index (κ2) is 15.9. The smallest absolute Gasteiger partial charge is 0.326 e. The SMILES string of the molecule is CCC(C)C(NC(=O)C(N)CCC(=O)O)C(=O)NC(Cc1c[nH]c2ccccc12)C(=O)NC(CCSC)C(=O)O. The zero-order chi connectivity index (χ0) is 29.8. The summed E-state index contributed by atoms with van der Waals surface area (Å²) in [6.07, 6.45) is 3.94. The average Bonchev–Trinajstić information content (AvgIpc) is 3.33. The molecule has 2 aromatic rings. The number of aromatic amines is 1. The number of carbonyl (C=O) groups excluding carboxylic acids is 3. The summed E-state index contributed by atoms with van der Waals surface area (Å²) in [4.78, 5) is 65.3. The van der Waals surface area contributed by atoms with E-state index in [1.807, 2.05) is 37.4 Å². The minimum Gasteiger partial charge on any atom is -0.481 e. The highest BCUT2D eigenvalue weighted by atomic mass is 32.2. The van der Waals surface area contributed by atoms with Crippen molar-refractivity contribution < 1.29 is 34.2 Å². The Balaban J connectivity index is 2.30. The van der Waals surface area contributed by atoms with Crippen LogP contribution in [0.3, 0.4) is 0 Å². The molecule has 3 amide bonds. The van der Waals surface area contributed by atoms with E-state index in [4.69, 9.17) is 10.8 Å². The first kappa shape index (κ1) is 32.6. The lowest BCUT2D eigenvalue weighted by Crippen LogP contribution is -2.59. The molecule has 2 rings (SSSR count). The van der Waals surface area contributed by atoms with Gasteiger partial charge in [0.05, 0.1) is 6.04 Å². The quantitative estimate of drug-likeness (QED) is 0.144. The molecule has 220 valence electrons. The summed E-state index contributed by atoms with van der Waals surface area (Å²) in [5.74, 6) is -4.09. The molecule has 40 heavy (non-hydrogen) atoms. The number of nitrogens with two attached hydrogens (primary N) is 1. The van der Waals surface area contributed by atoms with Crippen molar-refractivity contribution >= 4 is 52.3 Å². The van der Waals surface area contributed by atoms with Crippen molar-refractivity contribution in [2.24, 2.45) is 11.7 Å². The summed E-state index contributed by atoms with van der Waals surface area (Å²) in [6, 6.07) is 2.98. The fraction of sp³-hybridized carbons (Fsp3) is 0.519. The molecule has 0 spiro atoms. The Kier molecular flexibility index (Phi) is 12.9. The van der Waals surface area contributed by atoms with Gasteiger partial charge >= 0.3 is 11.9 Å². The molecular weight excluding hydrogens is 538 g/mol. The molecule has 1 aromatic carbocycles. The van der Waals surface area contributed by atoms with Gasteiger partial charge in [0, 0.05) is 29.9 Å². The molecule has 0 fully saturated rings. The van der Waals surface area contributed by atoms with Gasteiger partial charge in [-0.25, -0.2) is 4.79 Å². The molecule has 5 atom stereocenters. The maximum absolute atomic E-state index is 13.5. The third-order valence-electron chi connectivity index (χ3n) is 6.76. The largest absolute Gasteiger partial charge is 0.481 e. The van der Waals surface area contributed by atoms with E-state index >= 15 is 0 Å². The predicted octanol–water partition coefficient (Wildman–Crippen LogP) is 1.24. The Labute approximate surface area is 237 Å². The molecule has 0 aliphatic carbocycles. The summed E-state index contributed by atoms with van der Waals surface area (Å²) in [5, 5.41) is 27.2. The number of fused-ring (bicyclic) bond motifs is 1. The number of amides is 3. The topological polar surface area (TPSA) is 204 Å². The molecule has 0 bridgehead atoms. The lowest BCUT2D eigenvalue weighted by molar-refractivity contribution is -0.142.